The number of esters is 1. The summed E-state index contributed by atoms with van der Waals surface area (Å²) in [7, 11) is 1.66. The van der Waals surface area contributed by atoms with Gasteiger partial charge in [-0.05, 0) is 95.3 Å². The number of aromatic hydroxyl groups is 1. The standard InChI is InChI=1S/C33H38O5/c1-7-37-31(35)14-12-22-11-13-29(36-6)25(18-22)26-19-27-28(33(4,5)16-15-32(27,2)3)20-30(26)38-21-23-9-8-10-24(34)17-23/h8-14,17-20,34H,7,15-16,21H2,1-6H3/b14-12+. The maximum Gasteiger partial charge on any atom is 0.330 e. The van der Waals surface area contributed by atoms with Gasteiger partial charge >= 0.3 is 5.97 Å². The average Bonchev–Trinajstić information content (AvgIpc) is 2.88. The van der Waals surface area contributed by atoms with Crippen molar-refractivity contribution < 1.29 is 24.1 Å². The van der Waals surface area contributed by atoms with Crippen molar-refractivity contribution in [3.05, 3.63) is 82.9 Å². The third kappa shape index (κ3) is 5.88. The highest BCUT2D eigenvalue weighted by Crippen LogP contribution is 2.50. The number of carbonyl (C=O) groups is 1. The summed E-state index contributed by atoms with van der Waals surface area (Å²) < 4.78 is 17.3. The minimum Gasteiger partial charge on any atom is -0.508 e. The van der Waals surface area contributed by atoms with Crippen LogP contribution in [0.15, 0.2) is 60.7 Å². The molecule has 0 heterocycles. The predicted molar refractivity (Wildman–Crippen MR) is 152 cm³/mol. The van der Waals surface area contributed by atoms with Gasteiger partial charge in [-0.2, -0.15) is 0 Å². The topological polar surface area (TPSA) is 65.0 Å². The lowest BCUT2D eigenvalue weighted by Gasteiger charge is -2.42. The zero-order chi connectivity index (χ0) is 27.5. The number of phenolic OH excluding ortho intramolecular Hbond substituents is 1. The van der Waals surface area contributed by atoms with E-state index in [0.29, 0.717) is 19.0 Å². The molecular weight excluding hydrogens is 476 g/mol. The van der Waals surface area contributed by atoms with Gasteiger partial charge in [-0.15, -0.1) is 0 Å². The second-order valence-corrected chi connectivity index (χ2v) is 11.2. The van der Waals surface area contributed by atoms with Crippen LogP contribution in [-0.2, 0) is 27.0 Å². The lowest BCUT2D eigenvalue weighted by molar-refractivity contribution is -0.137. The molecule has 0 fully saturated rings. The lowest BCUT2D eigenvalue weighted by Crippen LogP contribution is -2.33. The summed E-state index contributed by atoms with van der Waals surface area (Å²) in [6, 6.07) is 17.4. The van der Waals surface area contributed by atoms with Gasteiger partial charge in [-0.3, -0.25) is 0 Å². The molecule has 1 aliphatic rings. The molecule has 0 atom stereocenters. The Morgan fingerprint density at radius 3 is 2.26 bits per heavy atom. The molecule has 0 amide bonds. The minimum atomic E-state index is -0.377. The van der Waals surface area contributed by atoms with Crippen LogP contribution in [-0.4, -0.2) is 24.8 Å². The molecule has 0 bridgehead atoms. The third-order valence-electron chi connectivity index (χ3n) is 7.47. The SMILES string of the molecule is CCOC(=O)/C=C/c1ccc(OC)c(-c2cc3c(cc2OCc2cccc(O)c2)C(C)(C)CCC3(C)C)c1. The van der Waals surface area contributed by atoms with E-state index in [1.165, 1.54) is 17.2 Å². The van der Waals surface area contributed by atoms with Crippen LogP contribution < -0.4 is 9.47 Å². The number of hydrogen-bond acceptors (Lipinski definition) is 5. The zero-order valence-electron chi connectivity index (χ0n) is 23.3. The van der Waals surface area contributed by atoms with Gasteiger partial charge in [0.05, 0.1) is 13.7 Å². The van der Waals surface area contributed by atoms with Gasteiger partial charge < -0.3 is 19.3 Å². The van der Waals surface area contributed by atoms with Crippen LogP contribution >= 0.6 is 0 Å². The van der Waals surface area contributed by atoms with E-state index in [-0.39, 0.29) is 22.5 Å². The normalized spacial score (nSPS) is 15.6. The van der Waals surface area contributed by atoms with Crippen molar-refractivity contribution in [1.82, 2.24) is 0 Å². The highest BCUT2D eigenvalue weighted by atomic mass is 16.5. The molecule has 0 aromatic heterocycles. The monoisotopic (exact) mass is 514 g/mol. The van der Waals surface area contributed by atoms with Crippen LogP contribution in [0.1, 0.15) is 69.7 Å². The number of methoxy groups -OCH3 is 1. The fourth-order valence-electron chi connectivity index (χ4n) is 5.13. The van der Waals surface area contributed by atoms with E-state index in [4.69, 9.17) is 14.2 Å². The summed E-state index contributed by atoms with van der Waals surface area (Å²) in [4.78, 5) is 11.9. The molecule has 5 heteroatoms. The van der Waals surface area contributed by atoms with Crippen LogP contribution in [0.5, 0.6) is 17.2 Å². The molecule has 0 spiro atoms. The van der Waals surface area contributed by atoms with Gasteiger partial charge in [0.2, 0.25) is 0 Å². The van der Waals surface area contributed by atoms with Crippen molar-refractivity contribution in [2.45, 2.75) is 64.9 Å². The molecule has 0 aliphatic heterocycles. The minimum absolute atomic E-state index is 0.0119. The number of phenols is 1. The summed E-state index contributed by atoms with van der Waals surface area (Å²) in [6.07, 6.45) is 5.37. The third-order valence-corrected chi connectivity index (χ3v) is 7.47. The number of hydrogen-bond donors (Lipinski definition) is 1. The molecule has 0 radical (unpaired) electrons. The van der Waals surface area contributed by atoms with Gasteiger partial charge in [0.25, 0.3) is 0 Å². The highest BCUT2D eigenvalue weighted by molar-refractivity contribution is 5.88. The summed E-state index contributed by atoms with van der Waals surface area (Å²) in [5.74, 6) is 1.30. The number of benzene rings is 3. The molecule has 1 N–H and O–H groups in total. The molecule has 1 aliphatic carbocycles. The molecule has 200 valence electrons. The summed E-state index contributed by atoms with van der Waals surface area (Å²) in [5.41, 5.74) is 6.17. The van der Waals surface area contributed by atoms with Gasteiger partial charge in [-0.25, -0.2) is 4.79 Å². The second kappa shape index (κ2) is 10.9. The Balaban J connectivity index is 1.86. The Morgan fingerprint density at radius 1 is 0.921 bits per heavy atom. The largest absolute Gasteiger partial charge is 0.508 e. The lowest BCUT2D eigenvalue weighted by atomic mass is 9.62. The van der Waals surface area contributed by atoms with Crippen LogP contribution in [0.2, 0.25) is 0 Å². The molecule has 4 rings (SSSR count). The van der Waals surface area contributed by atoms with Gasteiger partial charge in [0, 0.05) is 17.2 Å². The maximum absolute atomic E-state index is 11.9. The van der Waals surface area contributed by atoms with E-state index in [9.17, 15) is 9.90 Å². The summed E-state index contributed by atoms with van der Waals surface area (Å²) in [5, 5.41) is 9.94. The van der Waals surface area contributed by atoms with Gasteiger partial charge in [-0.1, -0.05) is 45.9 Å². The fourth-order valence-corrected chi connectivity index (χ4v) is 5.13. The van der Waals surface area contributed by atoms with E-state index in [1.54, 1.807) is 32.2 Å². The number of carbonyl (C=O) groups excluding carboxylic acids is 1. The first-order valence-electron chi connectivity index (χ1n) is 13.2. The molecule has 38 heavy (non-hydrogen) atoms. The Bertz CT molecular complexity index is 1350. The maximum atomic E-state index is 11.9. The first-order chi connectivity index (χ1) is 18.0. The molecule has 5 nitrogen and oxygen atoms in total. The van der Waals surface area contributed by atoms with Crippen molar-refractivity contribution >= 4 is 12.0 Å². The Labute approximate surface area is 226 Å². The molecule has 3 aromatic carbocycles. The van der Waals surface area contributed by atoms with Crippen LogP contribution in [0, 0.1) is 0 Å². The molecular formula is C33H38O5. The fraction of sp³-hybridized carbons (Fsp3) is 0.364. The smallest absolute Gasteiger partial charge is 0.330 e. The molecule has 3 aromatic rings. The van der Waals surface area contributed by atoms with Crippen LogP contribution in [0.4, 0.5) is 0 Å². The Morgan fingerprint density at radius 2 is 1.61 bits per heavy atom. The first kappa shape index (κ1) is 27.3. The zero-order valence-corrected chi connectivity index (χ0v) is 23.3. The Kier molecular flexibility index (Phi) is 7.86. The highest BCUT2D eigenvalue weighted by Gasteiger charge is 2.38. The molecule has 0 saturated heterocycles. The van der Waals surface area contributed by atoms with E-state index >= 15 is 0 Å². The number of ether oxygens (including phenoxy) is 3. The first-order valence-corrected chi connectivity index (χ1v) is 13.2. The van der Waals surface area contributed by atoms with Crippen LogP contribution in [0.3, 0.4) is 0 Å². The number of fused-ring (bicyclic) bond motifs is 1. The van der Waals surface area contributed by atoms with Gasteiger partial charge in [0.1, 0.15) is 23.9 Å². The quantitative estimate of drug-likeness (QED) is 0.248. The van der Waals surface area contributed by atoms with Crippen LogP contribution in [0.25, 0.3) is 17.2 Å². The Hall–Kier alpha value is -3.73. The van der Waals surface area contributed by atoms with E-state index in [2.05, 4.69) is 39.8 Å². The second-order valence-electron chi connectivity index (χ2n) is 11.2. The van der Waals surface area contributed by atoms with E-state index < -0.39 is 0 Å². The van der Waals surface area contributed by atoms with Crippen molar-refractivity contribution in [2.24, 2.45) is 0 Å². The van der Waals surface area contributed by atoms with Crippen molar-refractivity contribution in [3.8, 4) is 28.4 Å². The van der Waals surface area contributed by atoms with Crippen molar-refractivity contribution in [1.29, 1.82) is 0 Å². The predicted octanol–water partition coefficient (Wildman–Crippen LogP) is 7.57. The van der Waals surface area contributed by atoms with E-state index in [0.717, 1.165) is 40.8 Å². The summed E-state index contributed by atoms with van der Waals surface area (Å²) in [6.45, 7) is 11.6. The van der Waals surface area contributed by atoms with E-state index in [1.807, 2.05) is 30.3 Å². The number of rotatable bonds is 8. The average molecular weight is 515 g/mol. The van der Waals surface area contributed by atoms with Crippen molar-refractivity contribution in [3.63, 3.8) is 0 Å². The van der Waals surface area contributed by atoms with Crippen molar-refractivity contribution in [2.75, 3.05) is 13.7 Å². The molecule has 0 unspecified atom stereocenters. The molecule has 0 saturated carbocycles. The summed E-state index contributed by atoms with van der Waals surface area (Å²) >= 11 is 0. The van der Waals surface area contributed by atoms with Gasteiger partial charge in [0.15, 0.2) is 0 Å².